The van der Waals surface area contributed by atoms with E-state index >= 15 is 0 Å². The second kappa shape index (κ2) is 9.66. The van der Waals surface area contributed by atoms with Crippen LogP contribution in [0.3, 0.4) is 0 Å². The number of hydrogen-bond acceptors (Lipinski definition) is 5. The van der Waals surface area contributed by atoms with E-state index in [2.05, 4.69) is 4.90 Å². The summed E-state index contributed by atoms with van der Waals surface area (Å²) in [4.78, 5) is 14.9. The number of benzene rings is 1. The molecule has 27 heavy (non-hydrogen) atoms. The lowest BCUT2D eigenvalue weighted by Crippen LogP contribution is -2.36. The number of sulfonamides is 1. The predicted octanol–water partition coefficient (Wildman–Crippen LogP) is 2.99. The van der Waals surface area contributed by atoms with Crippen molar-refractivity contribution in [2.24, 2.45) is 5.92 Å². The first kappa shape index (κ1) is 21.9. The zero-order chi connectivity index (χ0) is 20.0. The molecule has 6 nitrogen and oxygen atoms in total. The van der Waals surface area contributed by atoms with E-state index in [1.165, 1.54) is 22.9 Å². The summed E-state index contributed by atoms with van der Waals surface area (Å²) in [5, 5.41) is 0. The summed E-state index contributed by atoms with van der Waals surface area (Å²) in [5.74, 6) is -0.0301. The minimum atomic E-state index is -3.52. The van der Waals surface area contributed by atoms with Crippen LogP contribution in [0.2, 0.25) is 0 Å². The highest BCUT2D eigenvalue weighted by Crippen LogP contribution is 2.28. The van der Waals surface area contributed by atoms with Gasteiger partial charge in [-0.05, 0) is 57.6 Å². The zero-order valence-corrected chi connectivity index (χ0v) is 17.7. The summed E-state index contributed by atoms with van der Waals surface area (Å²) in [5.41, 5.74) is 0.391. The standard InChI is InChI=1S/C20H32N2O4S/c1-5-22(6-2)27(24,25)18-13-11-16(12-14-18)20(23)26-19-10-8-7-9-17(19)15-21(3)4/h11-14,17,19H,5-10,15H2,1-4H3/t17-,19+/m1/s1. The minimum Gasteiger partial charge on any atom is -0.458 e. The number of ether oxygens (including phenoxy) is 1. The molecule has 1 aliphatic carbocycles. The van der Waals surface area contributed by atoms with Gasteiger partial charge in [-0.2, -0.15) is 4.31 Å². The second-order valence-corrected chi connectivity index (χ2v) is 9.30. The minimum absolute atomic E-state index is 0.0762. The zero-order valence-electron chi connectivity index (χ0n) is 16.8. The van der Waals surface area contributed by atoms with Gasteiger partial charge in [0.2, 0.25) is 10.0 Å². The lowest BCUT2D eigenvalue weighted by molar-refractivity contribution is -0.00325. The number of carbonyl (C=O) groups is 1. The van der Waals surface area contributed by atoms with Crippen LogP contribution in [0.1, 0.15) is 49.9 Å². The van der Waals surface area contributed by atoms with Crippen molar-refractivity contribution in [2.75, 3.05) is 33.7 Å². The Morgan fingerprint density at radius 3 is 2.22 bits per heavy atom. The number of rotatable bonds is 8. The van der Waals surface area contributed by atoms with E-state index in [4.69, 9.17) is 4.74 Å². The van der Waals surface area contributed by atoms with E-state index in [1.54, 1.807) is 26.0 Å². The molecule has 1 aliphatic rings. The Labute approximate surface area is 163 Å². The van der Waals surface area contributed by atoms with Crippen molar-refractivity contribution < 1.29 is 17.9 Å². The summed E-state index contributed by atoms with van der Waals surface area (Å²) in [6.45, 7) is 5.34. The monoisotopic (exact) mass is 396 g/mol. The average Bonchev–Trinajstić information content (AvgIpc) is 2.64. The van der Waals surface area contributed by atoms with Gasteiger partial charge in [-0.1, -0.05) is 20.3 Å². The largest absolute Gasteiger partial charge is 0.458 e. The quantitative estimate of drug-likeness (QED) is 0.632. The first-order valence-electron chi connectivity index (χ1n) is 9.75. The van der Waals surface area contributed by atoms with Crippen LogP contribution in [0.15, 0.2) is 29.2 Å². The van der Waals surface area contributed by atoms with Crippen LogP contribution in [-0.2, 0) is 14.8 Å². The summed E-state index contributed by atoms with van der Waals surface area (Å²) in [6, 6.07) is 6.07. The van der Waals surface area contributed by atoms with Crippen molar-refractivity contribution in [2.45, 2.75) is 50.5 Å². The molecule has 152 valence electrons. The SMILES string of the molecule is CCN(CC)S(=O)(=O)c1ccc(C(=O)O[C@H]2CCCC[C@@H]2CN(C)C)cc1. The van der Waals surface area contributed by atoms with Crippen LogP contribution in [-0.4, -0.2) is 63.4 Å². The fourth-order valence-corrected chi connectivity index (χ4v) is 5.15. The maximum absolute atomic E-state index is 12.6. The van der Waals surface area contributed by atoms with Crippen molar-refractivity contribution in [1.82, 2.24) is 9.21 Å². The molecule has 7 heteroatoms. The van der Waals surface area contributed by atoms with E-state index in [0.717, 1.165) is 25.8 Å². The Morgan fingerprint density at radius 2 is 1.67 bits per heavy atom. The Hall–Kier alpha value is -1.44. The lowest BCUT2D eigenvalue weighted by Gasteiger charge is -2.32. The summed E-state index contributed by atoms with van der Waals surface area (Å²) in [7, 11) is 0.543. The molecule has 0 spiro atoms. The van der Waals surface area contributed by atoms with E-state index in [9.17, 15) is 13.2 Å². The fourth-order valence-electron chi connectivity index (χ4n) is 3.69. The topological polar surface area (TPSA) is 66.9 Å². The third-order valence-electron chi connectivity index (χ3n) is 5.13. The maximum atomic E-state index is 12.6. The number of nitrogens with zero attached hydrogens (tertiary/aromatic N) is 2. The molecule has 0 unspecified atom stereocenters. The smallest absolute Gasteiger partial charge is 0.338 e. The molecule has 0 amide bonds. The van der Waals surface area contributed by atoms with Gasteiger partial charge in [-0.25, -0.2) is 13.2 Å². The highest BCUT2D eigenvalue weighted by Gasteiger charge is 2.29. The summed E-state index contributed by atoms with van der Waals surface area (Å²) >= 11 is 0. The van der Waals surface area contributed by atoms with E-state index < -0.39 is 10.0 Å². The Bertz CT molecular complexity index is 712. The molecule has 0 saturated heterocycles. The first-order chi connectivity index (χ1) is 12.8. The highest BCUT2D eigenvalue weighted by molar-refractivity contribution is 7.89. The Balaban J connectivity index is 2.09. The predicted molar refractivity (Wildman–Crippen MR) is 106 cm³/mol. The molecule has 0 aliphatic heterocycles. The molecule has 1 aromatic rings. The van der Waals surface area contributed by atoms with E-state index in [1.807, 2.05) is 14.1 Å². The second-order valence-electron chi connectivity index (χ2n) is 7.36. The first-order valence-corrected chi connectivity index (χ1v) is 11.2. The van der Waals surface area contributed by atoms with Gasteiger partial charge < -0.3 is 9.64 Å². The third-order valence-corrected chi connectivity index (χ3v) is 7.19. The summed E-state index contributed by atoms with van der Waals surface area (Å²) < 4.78 is 32.3. The van der Waals surface area contributed by atoms with Crippen LogP contribution in [0.4, 0.5) is 0 Å². The number of hydrogen-bond donors (Lipinski definition) is 0. The maximum Gasteiger partial charge on any atom is 0.338 e. The van der Waals surface area contributed by atoms with Gasteiger partial charge >= 0.3 is 5.97 Å². The van der Waals surface area contributed by atoms with Gasteiger partial charge in [0, 0.05) is 25.6 Å². The van der Waals surface area contributed by atoms with Crippen molar-refractivity contribution in [3.05, 3.63) is 29.8 Å². The van der Waals surface area contributed by atoms with Gasteiger partial charge in [0.15, 0.2) is 0 Å². The normalized spacial score (nSPS) is 20.8. The molecule has 0 bridgehead atoms. The molecule has 0 radical (unpaired) electrons. The fraction of sp³-hybridized carbons (Fsp3) is 0.650. The van der Waals surface area contributed by atoms with Gasteiger partial charge in [-0.15, -0.1) is 0 Å². The molecule has 0 N–H and O–H groups in total. The molecule has 2 atom stereocenters. The van der Waals surface area contributed by atoms with E-state index in [0.29, 0.717) is 24.6 Å². The van der Waals surface area contributed by atoms with Crippen LogP contribution in [0.25, 0.3) is 0 Å². The average molecular weight is 397 g/mol. The van der Waals surface area contributed by atoms with Gasteiger partial charge in [-0.3, -0.25) is 0 Å². The van der Waals surface area contributed by atoms with E-state index in [-0.39, 0.29) is 17.0 Å². The van der Waals surface area contributed by atoms with Crippen molar-refractivity contribution in [3.8, 4) is 0 Å². The molecule has 1 saturated carbocycles. The third kappa shape index (κ3) is 5.53. The molecule has 1 aromatic carbocycles. The molecule has 2 rings (SSSR count). The lowest BCUT2D eigenvalue weighted by atomic mass is 9.86. The molecular formula is C20H32N2O4S. The molecule has 0 heterocycles. The van der Waals surface area contributed by atoms with Gasteiger partial charge in [0.1, 0.15) is 6.10 Å². The van der Waals surface area contributed by atoms with Crippen LogP contribution >= 0.6 is 0 Å². The van der Waals surface area contributed by atoms with Crippen LogP contribution in [0.5, 0.6) is 0 Å². The molecular weight excluding hydrogens is 364 g/mol. The Morgan fingerprint density at radius 1 is 1.07 bits per heavy atom. The molecule has 1 fully saturated rings. The van der Waals surface area contributed by atoms with Crippen molar-refractivity contribution in [1.29, 1.82) is 0 Å². The number of esters is 1. The van der Waals surface area contributed by atoms with Gasteiger partial charge in [0.25, 0.3) is 0 Å². The summed E-state index contributed by atoms with van der Waals surface area (Å²) in [6.07, 6.45) is 4.12. The van der Waals surface area contributed by atoms with Crippen molar-refractivity contribution >= 4 is 16.0 Å². The van der Waals surface area contributed by atoms with Crippen molar-refractivity contribution in [3.63, 3.8) is 0 Å². The van der Waals surface area contributed by atoms with Crippen LogP contribution < -0.4 is 0 Å². The molecule has 0 aromatic heterocycles. The highest BCUT2D eigenvalue weighted by atomic mass is 32.2. The Kier molecular flexibility index (Phi) is 7.82. The van der Waals surface area contributed by atoms with Gasteiger partial charge in [0.05, 0.1) is 10.5 Å². The number of carbonyl (C=O) groups excluding carboxylic acids is 1. The van der Waals surface area contributed by atoms with Crippen LogP contribution in [0, 0.1) is 5.92 Å².